The lowest BCUT2D eigenvalue weighted by molar-refractivity contribution is -0.130. The van der Waals surface area contributed by atoms with Gasteiger partial charge in [-0.1, -0.05) is 24.3 Å². The lowest BCUT2D eigenvalue weighted by Gasteiger charge is -2.29. The van der Waals surface area contributed by atoms with Gasteiger partial charge in [-0.05, 0) is 35.7 Å². The van der Waals surface area contributed by atoms with E-state index in [1.54, 1.807) is 18.2 Å². The largest absolute Gasteiger partial charge is 0.495 e. The molecular weight excluding hydrogens is 318 g/mol. The van der Waals surface area contributed by atoms with Crippen LogP contribution >= 0.6 is 0 Å². The fraction of sp³-hybridized carbons (Fsp3) is 0.263. The van der Waals surface area contributed by atoms with E-state index >= 15 is 0 Å². The van der Waals surface area contributed by atoms with Crippen molar-refractivity contribution >= 4 is 17.5 Å². The highest BCUT2D eigenvalue weighted by Gasteiger charge is 2.20. The van der Waals surface area contributed by atoms with E-state index in [-0.39, 0.29) is 12.5 Å². The Kier molecular flexibility index (Phi) is 4.88. The fourth-order valence-corrected chi connectivity index (χ4v) is 2.99. The van der Waals surface area contributed by atoms with Gasteiger partial charge in [0.25, 0.3) is 0 Å². The monoisotopic (exact) mass is 339 g/mol. The molecular formula is C19H21N3O3. The van der Waals surface area contributed by atoms with Crippen molar-refractivity contribution in [3.05, 3.63) is 59.2 Å². The summed E-state index contributed by atoms with van der Waals surface area (Å²) in [6, 6.07) is 13.0. The zero-order valence-corrected chi connectivity index (χ0v) is 14.1. The Morgan fingerprint density at radius 3 is 2.68 bits per heavy atom. The average Bonchev–Trinajstić information content (AvgIpc) is 2.65. The number of anilines is 1. The van der Waals surface area contributed by atoms with Gasteiger partial charge in [0.2, 0.25) is 11.8 Å². The van der Waals surface area contributed by atoms with Crippen molar-refractivity contribution in [1.82, 2.24) is 4.90 Å². The van der Waals surface area contributed by atoms with E-state index in [0.29, 0.717) is 30.1 Å². The SMILES string of the molecule is COc1ccc(C(N)=O)cc1NCC(=O)N1CCc2ccccc2C1. The van der Waals surface area contributed by atoms with Crippen molar-refractivity contribution in [2.24, 2.45) is 5.73 Å². The third-order valence-corrected chi connectivity index (χ3v) is 4.40. The highest BCUT2D eigenvalue weighted by Crippen LogP contribution is 2.25. The molecule has 0 saturated carbocycles. The number of nitrogens with one attached hydrogen (secondary N) is 1. The second-order valence-electron chi connectivity index (χ2n) is 5.97. The minimum absolute atomic E-state index is 0.000958. The van der Waals surface area contributed by atoms with Crippen LogP contribution in [0.15, 0.2) is 42.5 Å². The maximum atomic E-state index is 12.5. The molecule has 0 aromatic heterocycles. The number of carbonyl (C=O) groups excluding carboxylic acids is 2. The van der Waals surface area contributed by atoms with Crippen LogP contribution in [0.4, 0.5) is 5.69 Å². The maximum absolute atomic E-state index is 12.5. The third kappa shape index (κ3) is 3.74. The predicted molar refractivity (Wildman–Crippen MR) is 95.6 cm³/mol. The van der Waals surface area contributed by atoms with E-state index in [1.165, 1.54) is 18.2 Å². The molecule has 0 unspecified atom stereocenters. The molecule has 0 aliphatic carbocycles. The molecule has 0 saturated heterocycles. The Balaban J connectivity index is 1.67. The molecule has 2 aromatic rings. The van der Waals surface area contributed by atoms with Gasteiger partial charge in [-0.3, -0.25) is 9.59 Å². The van der Waals surface area contributed by atoms with Crippen molar-refractivity contribution in [2.45, 2.75) is 13.0 Å². The molecule has 6 nitrogen and oxygen atoms in total. The minimum atomic E-state index is -0.523. The quantitative estimate of drug-likeness (QED) is 0.870. The zero-order valence-electron chi connectivity index (χ0n) is 14.1. The highest BCUT2D eigenvalue weighted by molar-refractivity contribution is 5.94. The van der Waals surface area contributed by atoms with Gasteiger partial charge in [0.05, 0.1) is 19.3 Å². The number of hydrogen-bond acceptors (Lipinski definition) is 4. The fourth-order valence-electron chi connectivity index (χ4n) is 2.99. The molecule has 6 heteroatoms. The first kappa shape index (κ1) is 16.8. The van der Waals surface area contributed by atoms with Crippen LogP contribution in [0.3, 0.4) is 0 Å². The molecule has 0 radical (unpaired) electrons. The zero-order chi connectivity index (χ0) is 17.8. The molecule has 2 amide bonds. The molecule has 3 N–H and O–H groups in total. The summed E-state index contributed by atoms with van der Waals surface area (Å²) in [5, 5.41) is 3.06. The highest BCUT2D eigenvalue weighted by atomic mass is 16.5. The summed E-state index contributed by atoms with van der Waals surface area (Å²) in [6.45, 7) is 1.45. The van der Waals surface area contributed by atoms with Crippen LogP contribution in [0.1, 0.15) is 21.5 Å². The number of nitrogens with zero attached hydrogens (tertiary/aromatic N) is 1. The summed E-state index contributed by atoms with van der Waals surface area (Å²) in [7, 11) is 1.54. The Morgan fingerprint density at radius 2 is 1.96 bits per heavy atom. The summed E-state index contributed by atoms with van der Waals surface area (Å²) in [5.74, 6) is 0.0347. The summed E-state index contributed by atoms with van der Waals surface area (Å²) < 4.78 is 5.26. The van der Waals surface area contributed by atoms with Gasteiger partial charge in [0.1, 0.15) is 5.75 Å². The molecule has 0 fully saturated rings. The van der Waals surface area contributed by atoms with Crippen LogP contribution < -0.4 is 15.8 Å². The van der Waals surface area contributed by atoms with Crippen LogP contribution in [0.2, 0.25) is 0 Å². The molecule has 1 aliphatic rings. The number of hydrogen-bond donors (Lipinski definition) is 2. The third-order valence-electron chi connectivity index (χ3n) is 4.40. The maximum Gasteiger partial charge on any atom is 0.248 e. The topological polar surface area (TPSA) is 84.7 Å². The summed E-state index contributed by atoms with van der Waals surface area (Å²) in [4.78, 5) is 25.7. The van der Waals surface area contributed by atoms with Gasteiger partial charge in [0, 0.05) is 18.7 Å². The smallest absolute Gasteiger partial charge is 0.248 e. The van der Waals surface area contributed by atoms with Crippen LogP contribution in [0.25, 0.3) is 0 Å². The van der Waals surface area contributed by atoms with Gasteiger partial charge >= 0.3 is 0 Å². The molecule has 0 spiro atoms. The Morgan fingerprint density at radius 1 is 1.20 bits per heavy atom. The van der Waals surface area contributed by atoms with Crippen molar-refractivity contribution in [3.8, 4) is 5.75 Å². The van der Waals surface area contributed by atoms with E-state index in [4.69, 9.17) is 10.5 Å². The number of amides is 2. The summed E-state index contributed by atoms with van der Waals surface area (Å²) in [5.41, 5.74) is 8.74. The van der Waals surface area contributed by atoms with Crippen molar-refractivity contribution < 1.29 is 14.3 Å². The van der Waals surface area contributed by atoms with E-state index in [1.807, 2.05) is 17.0 Å². The Bertz CT molecular complexity index is 804. The Labute approximate surface area is 146 Å². The average molecular weight is 339 g/mol. The first-order valence-corrected chi connectivity index (χ1v) is 8.14. The lowest BCUT2D eigenvalue weighted by Crippen LogP contribution is -2.39. The van der Waals surface area contributed by atoms with Gasteiger partial charge in [0.15, 0.2) is 0 Å². The predicted octanol–water partition coefficient (Wildman–Crippen LogP) is 1.79. The second kappa shape index (κ2) is 7.25. The molecule has 25 heavy (non-hydrogen) atoms. The van der Waals surface area contributed by atoms with E-state index < -0.39 is 5.91 Å². The molecule has 0 bridgehead atoms. The number of fused-ring (bicyclic) bond motifs is 1. The number of ether oxygens (including phenoxy) is 1. The molecule has 1 heterocycles. The number of nitrogens with two attached hydrogens (primary N) is 1. The van der Waals surface area contributed by atoms with Crippen molar-refractivity contribution in [3.63, 3.8) is 0 Å². The van der Waals surface area contributed by atoms with E-state index in [9.17, 15) is 9.59 Å². The van der Waals surface area contributed by atoms with Gasteiger partial charge < -0.3 is 20.7 Å². The van der Waals surface area contributed by atoms with Crippen LogP contribution in [0.5, 0.6) is 5.75 Å². The van der Waals surface area contributed by atoms with Crippen LogP contribution in [-0.2, 0) is 17.8 Å². The number of rotatable bonds is 5. The second-order valence-corrected chi connectivity index (χ2v) is 5.97. The molecule has 130 valence electrons. The molecule has 0 atom stereocenters. The van der Waals surface area contributed by atoms with Crippen LogP contribution in [-0.4, -0.2) is 36.9 Å². The number of carbonyl (C=O) groups is 2. The molecule has 1 aliphatic heterocycles. The van der Waals surface area contributed by atoms with Crippen LogP contribution in [0, 0.1) is 0 Å². The summed E-state index contributed by atoms with van der Waals surface area (Å²) >= 11 is 0. The molecule has 3 rings (SSSR count). The standard InChI is InChI=1S/C19H21N3O3/c1-25-17-7-6-14(19(20)24)10-16(17)21-11-18(23)22-9-8-13-4-2-3-5-15(13)12-22/h2-7,10,21H,8-9,11-12H2,1H3,(H2,20,24). The summed E-state index contributed by atoms with van der Waals surface area (Å²) in [6.07, 6.45) is 0.863. The van der Waals surface area contributed by atoms with Crippen molar-refractivity contribution in [2.75, 3.05) is 25.5 Å². The number of primary amides is 1. The normalized spacial score (nSPS) is 13.1. The minimum Gasteiger partial charge on any atom is -0.495 e. The number of methoxy groups -OCH3 is 1. The van der Waals surface area contributed by atoms with Gasteiger partial charge in [-0.25, -0.2) is 0 Å². The first-order chi connectivity index (χ1) is 12.1. The lowest BCUT2D eigenvalue weighted by atomic mass is 10.00. The van der Waals surface area contributed by atoms with E-state index in [2.05, 4.69) is 17.4 Å². The van der Waals surface area contributed by atoms with Gasteiger partial charge in [-0.2, -0.15) is 0 Å². The molecule has 2 aromatic carbocycles. The van der Waals surface area contributed by atoms with Gasteiger partial charge in [-0.15, -0.1) is 0 Å². The number of benzene rings is 2. The Hall–Kier alpha value is -3.02. The van der Waals surface area contributed by atoms with Crippen molar-refractivity contribution in [1.29, 1.82) is 0 Å². The first-order valence-electron chi connectivity index (χ1n) is 8.14. The van der Waals surface area contributed by atoms with E-state index in [0.717, 1.165) is 6.42 Å².